The maximum Gasteiger partial charge on any atom is 0.389 e. The molecule has 0 atom stereocenters. The van der Waals surface area contributed by atoms with Crippen LogP contribution in [-0.2, 0) is 4.79 Å². The summed E-state index contributed by atoms with van der Waals surface area (Å²) < 4.78 is 36.6. The van der Waals surface area contributed by atoms with Crippen molar-refractivity contribution in [1.82, 2.24) is 10.3 Å². The number of halogens is 4. The second-order valence-electron chi connectivity index (χ2n) is 6.90. The lowest BCUT2D eigenvalue weighted by Gasteiger charge is -2.30. The van der Waals surface area contributed by atoms with E-state index in [-0.39, 0.29) is 12.1 Å². The fourth-order valence-electron chi connectivity index (χ4n) is 3.40. The molecule has 1 aliphatic carbocycles. The molecule has 1 aromatic carbocycles. The predicted molar refractivity (Wildman–Crippen MR) is 99.9 cm³/mol. The van der Waals surface area contributed by atoms with Crippen LogP contribution in [0.1, 0.15) is 38.5 Å². The van der Waals surface area contributed by atoms with Crippen molar-refractivity contribution in [2.45, 2.75) is 56.8 Å². The topological polar surface area (TPSA) is 54.0 Å². The Morgan fingerprint density at radius 3 is 2.56 bits per heavy atom. The number of alkyl halides is 3. The Kier molecular flexibility index (Phi) is 6.09. The number of nitrogens with one attached hydrogen (secondary N) is 2. The number of rotatable bonds is 5. The van der Waals surface area contributed by atoms with Gasteiger partial charge in [0.2, 0.25) is 5.91 Å². The predicted octanol–water partition coefficient (Wildman–Crippen LogP) is 5.07. The van der Waals surface area contributed by atoms with Gasteiger partial charge in [0.25, 0.3) is 0 Å². The molecule has 1 heterocycles. The van der Waals surface area contributed by atoms with Crippen LogP contribution in [0.15, 0.2) is 30.5 Å². The fraction of sp³-hybridized carbons (Fsp3) is 0.474. The van der Waals surface area contributed by atoms with Gasteiger partial charge < -0.3 is 10.6 Å². The molecule has 0 bridgehead atoms. The van der Waals surface area contributed by atoms with Crippen molar-refractivity contribution in [3.05, 3.63) is 35.5 Å². The summed E-state index contributed by atoms with van der Waals surface area (Å²) in [5, 5.41) is 7.86. The number of carbonyl (C=O) groups is 1. The number of anilines is 1. The molecule has 1 amide bonds. The first-order valence-electron chi connectivity index (χ1n) is 8.97. The third kappa shape index (κ3) is 5.73. The van der Waals surface area contributed by atoms with E-state index in [2.05, 4.69) is 15.6 Å². The summed E-state index contributed by atoms with van der Waals surface area (Å²) in [6.45, 7) is 0. The van der Waals surface area contributed by atoms with E-state index in [1.807, 2.05) is 24.3 Å². The number of hydrogen-bond donors (Lipinski definition) is 2. The van der Waals surface area contributed by atoms with Crippen molar-refractivity contribution in [1.29, 1.82) is 0 Å². The summed E-state index contributed by atoms with van der Waals surface area (Å²) in [5.41, 5.74) is 1.80. The first-order valence-corrected chi connectivity index (χ1v) is 9.35. The average Bonchev–Trinajstić information content (AvgIpc) is 2.61. The first kappa shape index (κ1) is 19.7. The number of aromatic nitrogens is 1. The van der Waals surface area contributed by atoms with Crippen LogP contribution >= 0.6 is 11.6 Å². The van der Waals surface area contributed by atoms with Crippen LogP contribution in [0.4, 0.5) is 18.9 Å². The van der Waals surface area contributed by atoms with Gasteiger partial charge in [-0.25, -0.2) is 0 Å². The molecule has 1 aromatic heterocycles. The lowest BCUT2D eigenvalue weighted by Crippen LogP contribution is -2.40. The highest BCUT2D eigenvalue weighted by molar-refractivity contribution is 6.31. The number of nitrogens with zero attached hydrogens (tertiary/aromatic N) is 1. The second kappa shape index (κ2) is 8.33. The smallest absolute Gasteiger partial charge is 0.382 e. The average molecular weight is 400 g/mol. The zero-order valence-corrected chi connectivity index (χ0v) is 15.4. The van der Waals surface area contributed by atoms with Gasteiger partial charge in [-0.2, -0.15) is 13.2 Å². The minimum Gasteiger partial charge on any atom is -0.382 e. The molecule has 1 aliphatic rings. The van der Waals surface area contributed by atoms with Crippen LogP contribution in [0.25, 0.3) is 10.9 Å². The Balaban J connectivity index is 1.51. The maximum absolute atomic E-state index is 12.2. The van der Waals surface area contributed by atoms with Crippen molar-refractivity contribution in [2.24, 2.45) is 0 Å². The van der Waals surface area contributed by atoms with Crippen molar-refractivity contribution in [3.63, 3.8) is 0 Å². The van der Waals surface area contributed by atoms with Gasteiger partial charge in [-0.1, -0.05) is 11.6 Å². The van der Waals surface area contributed by atoms with E-state index in [1.165, 1.54) is 0 Å². The van der Waals surface area contributed by atoms with Gasteiger partial charge >= 0.3 is 6.18 Å². The zero-order chi connectivity index (χ0) is 19.4. The third-order valence-corrected chi connectivity index (χ3v) is 5.03. The molecule has 146 valence electrons. The number of fused-ring (bicyclic) bond motifs is 1. The molecule has 3 rings (SSSR count). The van der Waals surface area contributed by atoms with E-state index < -0.39 is 24.9 Å². The van der Waals surface area contributed by atoms with Crippen LogP contribution in [0.5, 0.6) is 0 Å². The molecule has 0 saturated heterocycles. The Hall–Kier alpha value is -2.02. The van der Waals surface area contributed by atoms with Gasteiger partial charge in [0.05, 0.1) is 11.9 Å². The highest BCUT2D eigenvalue weighted by Crippen LogP contribution is 2.28. The number of benzene rings is 1. The summed E-state index contributed by atoms with van der Waals surface area (Å²) in [6.07, 6.45) is -0.996. The number of pyridine rings is 1. The van der Waals surface area contributed by atoms with E-state index in [1.54, 1.807) is 6.20 Å². The van der Waals surface area contributed by atoms with E-state index in [4.69, 9.17) is 11.6 Å². The van der Waals surface area contributed by atoms with Crippen LogP contribution in [0.2, 0.25) is 5.02 Å². The maximum atomic E-state index is 12.2. The van der Waals surface area contributed by atoms with Gasteiger partial charge in [-0.15, -0.1) is 0 Å². The Morgan fingerprint density at radius 2 is 1.85 bits per heavy atom. The lowest BCUT2D eigenvalue weighted by atomic mass is 9.90. The van der Waals surface area contributed by atoms with Crippen molar-refractivity contribution in [2.75, 3.05) is 5.32 Å². The Bertz CT molecular complexity index is 804. The standard InChI is InChI=1S/C19H21ClF3N3O/c20-12-1-6-15-16(8-10-24-17(15)11-12)25-13-2-4-14(5-3-13)26-18(27)7-9-19(21,22)23/h1,6,8,10-11,13-14H,2-5,7,9H2,(H,24,25)(H,26,27). The normalized spacial score (nSPS) is 20.4. The molecule has 8 heteroatoms. The molecule has 4 nitrogen and oxygen atoms in total. The molecule has 0 unspecified atom stereocenters. The molecule has 0 spiro atoms. The summed E-state index contributed by atoms with van der Waals surface area (Å²) in [7, 11) is 0. The van der Waals surface area contributed by atoms with Crippen molar-refractivity contribution < 1.29 is 18.0 Å². The highest BCUT2D eigenvalue weighted by Gasteiger charge is 2.29. The summed E-state index contributed by atoms with van der Waals surface area (Å²) >= 11 is 6.01. The van der Waals surface area contributed by atoms with Gasteiger partial charge in [0.1, 0.15) is 0 Å². The minimum absolute atomic E-state index is 0.0585. The minimum atomic E-state index is -4.30. The molecular formula is C19H21ClF3N3O. The molecule has 27 heavy (non-hydrogen) atoms. The van der Waals surface area contributed by atoms with E-state index >= 15 is 0 Å². The van der Waals surface area contributed by atoms with E-state index in [0.717, 1.165) is 42.3 Å². The Labute approximate surface area is 160 Å². The van der Waals surface area contributed by atoms with Gasteiger partial charge in [0.15, 0.2) is 0 Å². The third-order valence-electron chi connectivity index (χ3n) is 4.79. The summed E-state index contributed by atoms with van der Waals surface area (Å²) in [6, 6.07) is 7.67. The van der Waals surface area contributed by atoms with Crippen LogP contribution in [-0.4, -0.2) is 29.2 Å². The van der Waals surface area contributed by atoms with E-state index in [0.29, 0.717) is 5.02 Å². The zero-order valence-electron chi connectivity index (χ0n) is 14.7. The van der Waals surface area contributed by atoms with Gasteiger partial charge in [-0.3, -0.25) is 9.78 Å². The van der Waals surface area contributed by atoms with Crippen molar-refractivity contribution in [3.8, 4) is 0 Å². The largest absolute Gasteiger partial charge is 0.389 e. The number of hydrogen-bond acceptors (Lipinski definition) is 3. The monoisotopic (exact) mass is 399 g/mol. The second-order valence-corrected chi connectivity index (χ2v) is 7.33. The fourth-order valence-corrected chi connectivity index (χ4v) is 3.57. The van der Waals surface area contributed by atoms with Crippen LogP contribution in [0, 0.1) is 0 Å². The molecule has 1 fully saturated rings. The van der Waals surface area contributed by atoms with Crippen LogP contribution in [0.3, 0.4) is 0 Å². The van der Waals surface area contributed by atoms with Crippen LogP contribution < -0.4 is 10.6 Å². The molecular weight excluding hydrogens is 379 g/mol. The van der Waals surface area contributed by atoms with Gasteiger partial charge in [-0.05, 0) is 49.9 Å². The molecule has 1 saturated carbocycles. The molecule has 2 aromatic rings. The molecule has 0 radical (unpaired) electrons. The molecule has 2 N–H and O–H groups in total. The summed E-state index contributed by atoms with van der Waals surface area (Å²) in [5.74, 6) is -0.527. The van der Waals surface area contributed by atoms with E-state index in [9.17, 15) is 18.0 Å². The van der Waals surface area contributed by atoms with Gasteiger partial charge in [0, 0.05) is 40.8 Å². The highest BCUT2D eigenvalue weighted by atomic mass is 35.5. The Morgan fingerprint density at radius 1 is 1.15 bits per heavy atom. The number of amides is 1. The first-order chi connectivity index (χ1) is 12.8. The molecule has 0 aliphatic heterocycles. The number of carbonyl (C=O) groups excluding carboxylic acids is 1. The summed E-state index contributed by atoms with van der Waals surface area (Å²) in [4.78, 5) is 16.0. The lowest BCUT2D eigenvalue weighted by molar-refractivity contribution is -0.144. The quantitative estimate of drug-likeness (QED) is 0.738. The SMILES string of the molecule is O=C(CCC(F)(F)F)NC1CCC(Nc2ccnc3cc(Cl)ccc23)CC1. The van der Waals surface area contributed by atoms with Crippen molar-refractivity contribution >= 4 is 34.1 Å².